The molecule has 12 heavy (non-hydrogen) atoms. The standard InChI is InChI=1S/C9H24N2Si/c1-6-9(4)12(5,10-7-2)11-8-3/h9-11H,6-8H2,1-5H3. The molecule has 2 N–H and O–H groups in total. The highest BCUT2D eigenvalue weighted by Crippen LogP contribution is 2.19. The number of hydrogen-bond donors (Lipinski definition) is 2. The van der Waals surface area contributed by atoms with E-state index in [1.807, 2.05) is 0 Å². The lowest BCUT2D eigenvalue weighted by molar-refractivity contribution is 0.740. The van der Waals surface area contributed by atoms with Crippen molar-refractivity contribution in [2.24, 2.45) is 0 Å². The average Bonchev–Trinajstić information content (AvgIpc) is 2.04. The monoisotopic (exact) mass is 188 g/mol. The van der Waals surface area contributed by atoms with Gasteiger partial charge in [0, 0.05) is 0 Å². The third-order valence-corrected chi connectivity index (χ3v) is 7.24. The molecule has 2 nitrogen and oxygen atoms in total. The summed E-state index contributed by atoms with van der Waals surface area (Å²) in [6, 6.07) is 0. The number of hydrogen-bond acceptors (Lipinski definition) is 2. The zero-order valence-electron chi connectivity index (χ0n) is 9.20. The quantitative estimate of drug-likeness (QED) is 0.624. The first kappa shape index (κ1) is 12.1. The van der Waals surface area contributed by atoms with E-state index >= 15 is 0 Å². The van der Waals surface area contributed by atoms with Crippen molar-refractivity contribution in [2.45, 2.75) is 46.2 Å². The van der Waals surface area contributed by atoms with Crippen molar-refractivity contribution in [1.29, 1.82) is 0 Å². The van der Waals surface area contributed by atoms with Crippen molar-refractivity contribution in [3.63, 3.8) is 0 Å². The molecule has 74 valence electrons. The summed E-state index contributed by atoms with van der Waals surface area (Å²) < 4.78 is 0. The van der Waals surface area contributed by atoms with Crippen LogP contribution in [0.4, 0.5) is 0 Å². The molecule has 1 atom stereocenters. The molecule has 1 unspecified atom stereocenters. The maximum absolute atomic E-state index is 3.64. The van der Waals surface area contributed by atoms with Crippen LogP contribution in [-0.4, -0.2) is 21.5 Å². The second-order valence-electron chi connectivity index (χ2n) is 3.57. The summed E-state index contributed by atoms with van der Waals surface area (Å²) >= 11 is 0. The fourth-order valence-corrected chi connectivity index (χ4v) is 4.66. The SMILES string of the molecule is CCN[Si](C)(NCC)C(C)CC. The van der Waals surface area contributed by atoms with Gasteiger partial charge in [0.05, 0.1) is 0 Å². The van der Waals surface area contributed by atoms with E-state index in [4.69, 9.17) is 0 Å². The number of nitrogens with one attached hydrogen (secondary N) is 2. The molecule has 0 aliphatic carbocycles. The lowest BCUT2D eigenvalue weighted by Crippen LogP contribution is -2.62. The zero-order chi connectivity index (χ0) is 9.61. The molecule has 0 aromatic carbocycles. The largest absolute Gasteiger partial charge is 0.326 e. The van der Waals surface area contributed by atoms with Crippen LogP contribution in [-0.2, 0) is 0 Å². The Morgan fingerprint density at radius 3 is 1.75 bits per heavy atom. The summed E-state index contributed by atoms with van der Waals surface area (Å²) in [5.74, 6) is 0. The van der Waals surface area contributed by atoms with Gasteiger partial charge in [-0.3, -0.25) is 0 Å². The second-order valence-corrected chi connectivity index (χ2v) is 7.67. The third-order valence-electron chi connectivity index (χ3n) is 2.69. The maximum Gasteiger partial charge on any atom is 0.201 e. The molecule has 0 saturated heterocycles. The van der Waals surface area contributed by atoms with Gasteiger partial charge in [-0.2, -0.15) is 0 Å². The van der Waals surface area contributed by atoms with Crippen LogP contribution in [0.5, 0.6) is 0 Å². The molecular formula is C9H24N2Si. The van der Waals surface area contributed by atoms with E-state index in [9.17, 15) is 0 Å². The molecule has 0 aromatic rings. The molecular weight excluding hydrogens is 164 g/mol. The Bertz CT molecular complexity index is 111. The Labute approximate surface area is 78.3 Å². The van der Waals surface area contributed by atoms with Crippen molar-refractivity contribution in [3.05, 3.63) is 0 Å². The Hall–Kier alpha value is 0.137. The van der Waals surface area contributed by atoms with Crippen molar-refractivity contribution in [3.8, 4) is 0 Å². The molecule has 0 rings (SSSR count). The smallest absolute Gasteiger partial charge is 0.201 e. The zero-order valence-corrected chi connectivity index (χ0v) is 10.2. The molecule has 0 aliphatic rings. The predicted molar refractivity (Wildman–Crippen MR) is 58.7 cm³/mol. The first-order valence-corrected chi connectivity index (χ1v) is 7.68. The van der Waals surface area contributed by atoms with Gasteiger partial charge in [-0.15, -0.1) is 0 Å². The van der Waals surface area contributed by atoms with Gasteiger partial charge in [-0.05, 0) is 25.2 Å². The Morgan fingerprint density at radius 2 is 1.50 bits per heavy atom. The average molecular weight is 188 g/mol. The van der Waals surface area contributed by atoms with E-state index in [0.717, 1.165) is 18.6 Å². The topological polar surface area (TPSA) is 24.1 Å². The third kappa shape index (κ3) is 3.25. The summed E-state index contributed by atoms with van der Waals surface area (Å²) in [4.78, 5) is 7.28. The van der Waals surface area contributed by atoms with Crippen LogP contribution >= 0.6 is 0 Å². The molecule has 0 radical (unpaired) electrons. The normalized spacial score (nSPS) is 14.8. The van der Waals surface area contributed by atoms with Crippen molar-refractivity contribution in [2.75, 3.05) is 13.1 Å². The van der Waals surface area contributed by atoms with Gasteiger partial charge in [-0.1, -0.05) is 34.1 Å². The summed E-state index contributed by atoms with van der Waals surface area (Å²) in [5, 5.41) is 0. The van der Waals surface area contributed by atoms with Gasteiger partial charge < -0.3 is 9.96 Å². The highest BCUT2D eigenvalue weighted by Gasteiger charge is 2.31. The van der Waals surface area contributed by atoms with Crippen molar-refractivity contribution < 1.29 is 0 Å². The summed E-state index contributed by atoms with van der Waals surface area (Å²) in [6.45, 7) is 13.5. The first-order valence-electron chi connectivity index (χ1n) is 5.10. The van der Waals surface area contributed by atoms with E-state index in [0.29, 0.717) is 0 Å². The minimum atomic E-state index is -1.35. The summed E-state index contributed by atoms with van der Waals surface area (Å²) in [7, 11) is -1.35. The molecule has 0 amide bonds. The highest BCUT2D eigenvalue weighted by molar-refractivity contribution is 6.75. The van der Waals surface area contributed by atoms with Crippen LogP contribution in [0.3, 0.4) is 0 Å². The molecule has 0 fully saturated rings. The fraction of sp³-hybridized carbons (Fsp3) is 1.00. The molecule has 0 saturated carbocycles. The van der Waals surface area contributed by atoms with E-state index in [2.05, 4.69) is 44.2 Å². The van der Waals surface area contributed by atoms with Crippen LogP contribution < -0.4 is 9.96 Å². The van der Waals surface area contributed by atoms with E-state index in [1.54, 1.807) is 0 Å². The van der Waals surface area contributed by atoms with Gasteiger partial charge in [0.2, 0.25) is 8.40 Å². The summed E-state index contributed by atoms with van der Waals surface area (Å²) in [6.07, 6.45) is 1.27. The van der Waals surface area contributed by atoms with Gasteiger partial charge in [0.15, 0.2) is 0 Å². The molecule has 0 aliphatic heterocycles. The van der Waals surface area contributed by atoms with Gasteiger partial charge >= 0.3 is 0 Å². The van der Waals surface area contributed by atoms with Gasteiger partial charge in [0.1, 0.15) is 0 Å². The fourth-order valence-electron chi connectivity index (χ4n) is 1.55. The van der Waals surface area contributed by atoms with Crippen molar-refractivity contribution in [1.82, 2.24) is 9.96 Å². The molecule has 0 bridgehead atoms. The Morgan fingerprint density at radius 1 is 1.08 bits per heavy atom. The molecule has 0 spiro atoms. The minimum Gasteiger partial charge on any atom is -0.326 e. The van der Waals surface area contributed by atoms with Gasteiger partial charge in [-0.25, -0.2) is 0 Å². The highest BCUT2D eigenvalue weighted by atomic mass is 28.3. The number of rotatable bonds is 6. The maximum atomic E-state index is 3.64. The van der Waals surface area contributed by atoms with Crippen LogP contribution in [0.25, 0.3) is 0 Å². The molecule has 0 heterocycles. The van der Waals surface area contributed by atoms with Crippen LogP contribution in [0.1, 0.15) is 34.1 Å². The minimum absolute atomic E-state index is 0.803. The lowest BCUT2D eigenvalue weighted by Gasteiger charge is -2.34. The lowest BCUT2D eigenvalue weighted by atomic mass is 10.4. The van der Waals surface area contributed by atoms with Crippen LogP contribution in [0.15, 0.2) is 0 Å². The molecule has 0 aromatic heterocycles. The first-order chi connectivity index (χ1) is 5.60. The van der Waals surface area contributed by atoms with Crippen LogP contribution in [0.2, 0.25) is 12.1 Å². The van der Waals surface area contributed by atoms with E-state index in [-0.39, 0.29) is 0 Å². The Kier molecular flexibility index (Phi) is 5.79. The van der Waals surface area contributed by atoms with Crippen LogP contribution in [0, 0.1) is 0 Å². The summed E-state index contributed by atoms with van der Waals surface area (Å²) in [5.41, 5.74) is 0.803. The van der Waals surface area contributed by atoms with E-state index in [1.165, 1.54) is 6.42 Å². The van der Waals surface area contributed by atoms with Crippen molar-refractivity contribution >= 4 is 8.40 Å². The van der Waals surface area contributed by atoms with E-state index < -0.39 is 8.40 Å². The second kappa shape index (κ2) is 5.73. The Balaban J connectivity index is 4.15. The molecule has 3 heteroatoms. The van der Waals surface area contributed by atoms with Gasteiger partial charge in [0.25, 0.3) is 0 Å². The predicted octanol–water partition coefficient (Wildman–Crippen LogP) is 2.08.